The molecule has 1 fully saturated rings. The second-order valence-corrected chi connectivity index (χ2v) is 6.39. The van der Waals surface area contributed by atoms with Gasteiger partial charge in [-0.3, -0.25) is 15.4 Å². The Bertz CT molecular complexity index is 925. The summed E-state index contributed by atoms with van der Waals surface area (Å²) in [6, 6.07) is 17.5. The maximum atomic E-state index is 12.8. The van der Waals surface area contributed by atoms with Gasteiger partial charge in [0, 0.05) is 19.0 Å². The fourth-order valence-electron chi connectivity index (χ4n) is 3.23. The quantitative estimate of drug-likeness (QED) is 0.632. The molecule has 7 heteroatoms. The molecule has 0 aliphatic carbocycles. The zero-order chi connectivity index (χ0) is 17.9. The molecule has 0 amide bonds. The van der Waals surface area contributed by atoms with E-state index in [0.29, 0.717) is 24.0 Å². The number of aliphatic hydroxyl groups excluding tert-OH is 1. The third kappa shape index (κ3) is 3.20. The Morgan fingerprint density at radius 3 is 2.38 bits per heavy atom. The van der Waals surface area contributed by atoms with Crippen molar-refractivity contribution in [2.75, 3.05) is 13.1 Å². The Kier molecular flexibility index (Phi) is 4.66. The molecule has 0 unspecified atom stereocenters. The molecule has 1 aliphatic rings. The summed E-state index contributed by atoms with van der Waals surface area (Å²) in [6.45, 7) is 1.87. The predicted octanol–water partition coefficient (Wildman–Crippen LogP) is 0.766. The van der Waals surface area contributed by atoms with E-state index in [-0.39, 0.29) is 12.3 Å². The largest absolute Gasteiger partial charge is 0.388 e. The summed E-state index contributed by atoms with van der Waals surface area (Å²) in [7, 11) is 0. The van der Waals surface area contributed by atoms with Crippen molar-refractivity contribution in [2.24, 2.45) is 0 Å². The van der Waals surface area contributed by atoms with Gasteiger partial charge < -0.3 is 5.11 Å². The lowest BCUT2D eigenvalue weighted by Crippen LogP contribution is -2.25. The van der Waals surface area contributed by atoms with Crippen molar-refractivity contribution in [3.63, 3.8) is 0 Å². The zero-order valence-corrected chi connectivity index (χ0v) is 14.3. The van der Waals surface area contributed by atoms with E-state index in [1.165, 1.54) is 14.8 Å². The molecule has 7 nitrogen and oxygen atoms in total. The van der Waals surface area contributed by atoms with E-state index in [1.807, 2.05) is 54.6 Å². The topological polar surface area (TPSA) is 84.1 Å². The van der Waals surface area contributed by atoms with Gasteiger partial charge >= 0.3 is 5.69 Å². The normalized spacial score (nSPS) is 14.8. The zero-order valence-electron chi connectivity index (χ0n) is 14.3. The van der Waals surface area contributed by atoms with Crippen LogP contribution >= 0.6 is 0 Å². The summed E-state index contributed by atoms with van der Waals surface area (Å²) in [5, 5.41) is 13.9. The van der Waals surface area contributed by atoms with Crippen molar-refractivity contribution < 1.29 is 5.11 Å². The summed E-state index contributed by atoms with van der Waals surface area (Å²) in [6.07, 6.45) is 0. The van der Waals surface area contributed by atoms with Crippen LogP contribution in [0.5, 0.6) is 0 Å². The predicted molar refractivity (Wildman–Crippen MR) is 98.0 cm³/mol. The van der Waals surface area contributed by atoms with Crippen molar-refractivity contribution in [3.8, 4) is 5.69 Å². The third-order valence-electron chi connectivity index (χ3n) is 4.70. The highest BCUT2D eigenvalue weighted by atomic mass is 16.3. The maximum absolute atomic E-state index is 12.8. The van der Waals surface area contributed by atoms with Gasteiger partial charge in [-0.2, -0.15) is 4.68 Å². The van der Waals surface area contributed by atoms with Crippen LogP contribution in [-0.2, 0) is 13.2 Å². The third-order valence-corrected chi connectivity index (χ3v) is 4.70. The molecule has 0 bridgehead atoms. The average Bonchev–Trinajstić information content (AvgIpc) is 3.32. The van der Waals surface area contributed by atoms with E-state index in [4.69, 9.17) is 0 Å². The minimum absolute atomic E-state index is 0.255. The minimum atomic E-state index is -0.285. The van der Waals surface area contributed by atoms with Crippen molar-refractivity contribution in [1.29, 1.82) is 0 Å². The summed E-state index contributed by atoms with van der Waals surface area (Å²) in [5.41, 5.74) is 8.88. The van der Waals surface area contributed by atoms with Gasteiger partial charge in [0.05, 0.1) is 12.2 Å². The van der Waals surface area contributed by atoms with Crippen LogP contribution in [-0.4, -0.2) is 32.5 Å². The van der Waals surface area contributed by atoms with Crippen LogP contribution in [0.4, 0.5) is 0 Å². The van der Waals surface area contributed by atoms with E-state index < -0.39 is 0 Å². The number of aliphatic hydroxyl groups is 1. The minimum Gasteiger partial charge on any atom is -0.388 e. The number of nitrogens with zero attached hydrogens (tertiary/aromatic N) is 3. The van der Waals surface area contributed by atoms with Crippen LogP contribution in [0.15, 0.2) is 59.4 Å². The first-order valence-electron chi connectivity index (χ1n) is 8.66. The first kappa shape index (κ1) is 16.7. The molecule has 2 aromatic carbocycles. The van der Waals surface area contributed by atoms with Crippen LogP contribution in [0.3, 0.4) is 0 Å². The second kappa shape index (κ2) is 7.25. The Balaban J connectivity index is 1.65. The number of rotatable bonds is 5. The van der Waals surface area contributed by atoms with Gasteiger partial charge in [0.15, 0.2) is 5.82 Å². The fraction of sp³-hybridized carbons (Fsp3) is 0.263. The highest BCUT2D eigenvalue weighted by Gasteiger charge is 2.17. The molecule has 1 saturated heterocycles. The average molecular weight is 351 g/mol. The lowest BCUT2D eigenvalue weighted by molar-refractivity contribution is 0.265. The molecule has 0 spiro atoms. The van der Waals surface area contributed by atoms with E-state index in [0.717, 1.165) is 18.7 Å². The van der Waals surface area contributed by atoms with Crippen LogP contribution in [0.1, 0.15) is 22.9 Å². The van der Waals surface area contributed by atoms with Crippen molar-refractivity contribution in [2.45, 2.75) is 19.1 Å². The molecule has 1 aliphatic heterocycles. The molecular formula is C19H21N5O2. The summed E-state index contributed by atoms with van der Waals surface area (Å²) < 4.78 is 2.86. The van der Waals surface area contributed by atoms with Crippen LogP contribution < -0.4 is 16.5 Å². The van der Waals surface area contributed by atoms with Gasteiger partial charge in [-0.25, -0.2) is 4.79 Å². The molecule has 2 heterocycles. The molecule has 0 saturated carbocycles. The van der Waals surface area contributed by atoms with Crippen LogP contribution in [0.2, 0.25) is 0 Å². The number of aromatic nitrogens is 3. The van der Waals surface area contributed by atoms with E-state index in [9.17, 15) is 9.90 Å². The Hall–Kier alpha value is -2.74. The van der Waals surface area contributed by atoms with Gasteiger partial charge in [0.2, 0.25) is 0 Å². The molecule has 1 aromatic heterocycles. The number of nitrogens with one attached hydrogen (secondary N) is 2. The Morgan fingerprint density at radius 1 is 1.04 bits per heavy atom. The number of hydrazine groups is 1. The lowest BCUT2D eigenvalue weighted by atomic mass is 10.0. The van der Waals surface area contributed by atoms with Gasteiger partial charge in [-0.1, -0.05) is 42.5 Å². The van der Waals surface area contributed by atoms with E-state index in [2.05, 4.69) is 16.0 Å². The van der Waals surface area contributed by atoms with Crippen molar-refractivity contribution >= 4 is 0 Å². The van der Waals surface area contributed by atoms with Gasteiger partial charge in [0.1, 0.15) is 6.61 Å². The molecule has 26 heavy (non-hydrogen) atoms. The number of hydrogen-bond acceptors (Lipinski definition) is 5. The fourth-order valence-corrected chi connectivity index (χ4v) is 3.23. The second-order valence-electron chi connectivity index (χ2n) is 6.39. The number of hydrogen-bond donors (Lipinski definition) is 3. The summed E-state index contributed by atoms with van der Waals surface area (Å²) in [5.74, 6) is 0.775. The van der Waals surface area contributed by atoms with E-state index in [1.54, 1.807) is 0 Å². The Labute approximate surface area is 150 Å². The van der Waals surface area contributed by atoms with Gasteiger partial charge in [-0.05, 0) is 23.3 Å². The molecule has 0 atom stereocenters. The monoisotopic (exact) mass is 351 g/mol. The summed E-state index contributed by atoms with van der Waals surface area (Å²) in [4.78, 5) is 12.8. The summed E-state index contributed by atoms with van der Waals surface area (Å²) >= 11 is 0. The maximum Gasteiger partial charge on any atom is 0.351 e. The first-order valence-corrected chi connectivity index (χ1v) is 8.66. The first-order chi connectivity index (χ1) is 12.8. The molecule has 3 N–H and O–H groups in total. The van der Waals surface area contributed by atoms with Gasteiger partial charge in [-0.15, -0.1) is 5.10 Å². The highest BCUT2D eigenvalue weighted by Crippen LogP contribution is 2.18. The standard InChI is InChI=1S/C19H21N5O2/c25-13-18-22-24(19(26)23(18)12-14-4-2-1-3-5-14)17-8-6-15(7-9-17)16-10-20-21-11-16/h1-9,16,20-21,25H,10-13H2. The highest BCUT2D eigenvalue weighted by molar-refractivity contribution is 5.35. The molecule has 134 valence electrons. The smallest absolute Gasteiger partial charge is 0.351 e. The Morgan fingerprint density at radius 2 is 1.73 bits per heavy atom. The molecule has 0 radical (unpaired) electrons. The molecule has 3 aromatic rings. The van der Waals surface area contributed by atoms with Gasteiger partial charge in [0.25, 0.3) is 0 Å². The van der Waals surface area contributed by atoms with Crippen LogP contribution in [0.25, 0.3) is 5.69 Å². The van der Waals surface area contributed by atoms with Crippen molar-refractivity contribution in [1.82, 2.24) is 25.2 Å². The number of benzene rings is 2. The molecular weight excluding hydrogens is 330 g/mol. The SMILES string of the molecule is O=c1n(-c2ccc(C3CNNC3)cc2)nc(CO)n1Cc1ccccc1. The lowest BCUT2D eigenvalue weighted by Gasteiger charge is -2.08. The van der Waals surface area contributed by atoms with Crippen molar-refractivity contribution in [3.05, 3.63) is 82.0 Å². The molecule has 4 rings (SSSR count). The van der Waals surface area contributed by atoms with Crippen LogP contribution in [0, 0.1) is 0 Å². The van der Waals surface area contributed by atoms with E-state index >= 15 is 0 Å².